The summed E-state index contributed by atoms with van der Waals surface area (Å²) < 4.78 is 5.23. The maximum atomic E-state index is 11.8. The third-order valence-corrected chi connectivity index (χ3v) is 2.74. The van der Waals surface area contributed by atoms with E-state index in [1.54, 1.807) is 0 Å². The van der Waals surface area contributed by atoms with Crippen LogP contribution in [-0.2, 0) is 0 Å². The fraction of sp³-hybridized carbons (Fsp3) is 0.417. The first-order valence-electron chi connectivity index (χ1n) is 5.04. The molecular weight excluding hydrogens is 208 g/mol. The highest BCUT2D eigenvalue weighted by Crippen LogP contribution is 2.18. The molecule has 0 saturated heterocycles. The van der Waals surface area contributed by atoms with Crippen molar-refractivity contribution < 1.29 is 8.98 Å². The minimum atomic E-state index is 0.0947. The fourth-order valence-corrected chi connectivity index (χ4v) is 1.54. The molecule has 82 valence electrons. The zero-order valence-corrected chi connectivity index (χ0v) is 10.1. The summed E-state index contributed by atoms with van der Waals surface area (Å²) in [4.78, 5) is 11.8. The molecule has 1 aromatic carbocycles. The van der Waals surface area contributed by atoms with Gasteiger partial charge >= 0.3 is 0 Å². The Morgan fingerprint density at radius 1 is 1.40 bits per heavy atom. The van der Waals surface area contributed by atoms with Crippen molar-refractivity contribution in [2.75, 3.05) is 6.26 Å². The second-order valence-electron chi connectivity index (χ2n) is 3.45. The first-order valence-corrected chi connectivity index (χ1v) is 6.19. The summed E-state index contributed by atoms with van der Waals surface area (Å²) >= 11 is 1.29. The minimum Gasteiger partial charge on any atom is -0.426 e. The monoisotopic (exact) mass is 224 g/mol. The van der Waals surface area contributed by atoms with Crippen LogP contribution in [0.5, 0.6) is 5.75 Å². The Balaban J connectivity index is 2.75. The van der Waals surface area contributed by atoms with Gasteiger partial charge in [0.05, 0.1) is 12.0 Å². The van der Waals surface area contributed by atoms with E-state index in [2.05, 4.69) is 0 Å². The Morgan fingerprint density at radius 2 is 2.00 bits per heavy atom. The molecule has 0 N–H and O–H groups in total. The van der Waals surface area contributed by atoms with Crippen molar-refractivity contribution in [1.29, 1.82) is 0 Å². The lowest BCUT2D eigenvalue weighted by molar-refractivity contribution is 0.0927. The van der Waals surface area contributed by atoms with Gasteiger partial charge in [0, 0.05) is 17.7 Å². The van der Waals surface area contributed by atoms with Crippen LogP contribution in [0.1, 0.15) is 30.6 Å². The summed E-state index contributed by atoms with van der Waals surface area (Å²) in [5.41, 5.74) is 0.762. The maximum Gasteiger partial charge on any atom is 0.165 e. The summed E-state index contributed by atoms with van der Waals surface area (Å²) in [6.45, 7) is 3.97. The van der Waals surface area contributed by atoms with Crippen molar-refractivity contribution in [3.8, 4) is 5.75 Å². The molecule has 0 amide bonds. The Bertz CT molecular complexity index is 319. The quantitative estimate of drug-likeness (QED) is 0.565. The second kappa shape index (κ2) is 5.81. The third kappa shape index (κ3) is 3.27. The van der Waals surface area contributed by atoms with Gasteiger partial charge in [-0.2, -0.15) is 0 Å². The average Bonchev–Trinajstić information content (AvgIpc) is 2.28. The van der Waals surface area contributed by atoms with Gasteiger partial charge in [-0.25, -0.2) is 0 Å². The Kier molecular flexibility index (Phi) is 4.69. The second-order valence-corrected chi connectivity index (χ2v) is 3.95. The molecule has 0 spiro atoms. The van der Waals surface area contributed by atoms with Crippen molar-refractivity contribution >= 4 is 17.8 Å². The molecule has 1 aromatic rings. The summed E-state index contributed by atoms with van der Waals surface area (Å²) in [6, 6.07) is 7.29. The first kappa shape index (κ1) is 12.1. The van der Waals surface area contributed by atoms with Gasteiger partial charge in [0.15, 0.2) is 5.78 Å². The zero-order valence-electron chi connectivity index (χ0n) is 9.32. The van der Waals surface area contributed by atoms with Gasteiger partial charge in [0.25, 0.3) is 0 Å². The summed E-state index contributed by atoms with van der Waals surface area (Å²) in [6.07, 6.45) is 2.74. The lowest BCUT2D eigenvalue weighted by atomic mass is 9.97. The predicted molar refractivity (Wildman–Crippen MR) is 64.4 cm³/mol. The molecule has 0 fully saturated rings. The largest absolute Gasteiger partial charge is 0.426 e. The van der Waals surface area contributed by atoms with Gasteiger partial charge in [0.1, 0.15) is 5.75 Å². The molecule has 0 aliphatic rings. The van der Waals surface area contributed by atoms with E-state index in [4.69, 9.17) is 4.18 Å². The standard InChI is InChI=1S/C12H16O2S/c1-4-9(2)12(13)10-5-7-11(8-6-10)14-15-3/h5-9H,4H2,1-3H3. The van der Waals surface area contributed by atoms with Gasteiger partial charge in [-0.05, 0) is 30.7 Å². The zero-order chi connectivity index (χ0) is 11.3. The van der Waals surface area contributed by atoms with E-state index >= 15 is 0 Å². The van der Waals surface area contributed by atoms with Crippen molar-refractivity contribution in [2.45, 2.75) is 20.3 Å². The van der Waals surface area contributed by atoms with E-state index < -0.39 is 0 Å². The van der Waals surface area contributed by atoms with E-state index in [9.17, 15) is 4.79 Å². The van der Waals surface area contributed by atoms with Gasteiger partial charge < -0.3 is 4.18 Å². The summed E-state index contributed by atoms with van der Waals surface area (Å²) in [5, 5.41) is 0. The van der Waals surface area contributed by atoms with E-state index in [0.29, 0.717) is 0 Å². The van der Waals surface area contributed by atoms with Gasteiger partial charge in [-0.1, -0.05) is 13.8 Å². The van der Waals surface area contributed by atoms with E-state index in [1.807, 2.05) is 44.4 Å². The highest BCUT2D eigenvalue weighted by atomic mass is 32.2. The number of hydrogen-bond donors (Lipinski definition) is 0. The molecule has 0 aliphatic heterocycles. The first-order chi connectivity index (χ1) is 7.19. The summed E-state index contributed by atoms with van der Waals surface area (Å²) in [5.74, 6) is 1.08. The van der Waals surface area contributed by atoms with Crippen LogP contribution >= 0.6 is 12.0 Å². The molecule has 0 bridgehead atoms. The number of rotatable bonds is 5. The predicted octanol–water partition coefficient (Wildman–Crippen LogP) is 3.57. The number of hydrogen-bond acceptors (Lipinski definition) is 3. The molecule has 1 unspecified atom stereocenters. The van der Waals surface area contributed by atoms with Crippen LogP contribution in [0.15, 0.2) is 24.3 Å². The Labute approximate surface area is 95.2 Å². The maximum absolute atomic E-state index is 11.8. The molecule has 0 heterocycles. The number of carbonyl (C=O) groups is 1. The molecule has 1 atom stereocenters. The highest BCUT2D eigenvalue weighted by Gasteiger charge is 2.12. The van der Waals surface area contributed by atoms with Crippen LogP contribution in [0, 0.1) is 5.92 Å². The lowest BCUT2D eigenvalue weighted by Gasteiger charge is -2.07. The van der Waals surface area contributed by atoms with Gasteiger partial charge in [0.2, 0.25) is 0 Å². The number of carbonyl (C=O) groups excluding carboxylic acids is 1. The van der Waals surface area contributed by atoms with Crippen LogP contribution < -0.4 is 4.18 Å². The number of Topliss-reactive ketones (excluding diaryl/α,β-unsaturated/α-hetero) is 1. The molecule has 2 nitrogen and oxygen atoms in total. The van der Waals surface area contributed by atoms with Crippen molar-refractivity contribution in [3.63, 3.8) is 0 Å². The molecule has 3 heteroatoms. The smallest absolute Gasteiger partial charge is 0.165 e. The molecular formula is C12H16O2S. The normalized spacial score (nSPS) is 12.2. The highest BCUT2D eigenvalue weighted by molar-refractivity contribution is 7.94. The third-order valence-electron chi connectivity index (χ3n) is 2.38. The van der Waals surface area contributed by atoms with Crippen LogP contribution in [0.3, 0.4) is 0 Å². The van der Waals surface area contributed by atoms with Crippen molar-refractivity contribution in [2.24, 2.45) is 5.92 Å². The molecule has 0 radical (unpaired) electrons. The van der Waals surface area contributed by atoms with Crippen LogP contribution in [0.2, 0.25) is 0 Å². The fourth-order valence-electron chi connectivity index (χ4n) is 1.24. The van der Waals surface area contributed by atoms with Gasteiger partial charge in [-0.3, -0.25) is 4.79 Å². The topological polar surface area (TPSA) is 26.3 Å². The summed E-state index contributed by atoms with van der Waals surface area (Å²) in [7, 11) is 0. The Morgan fingerprint density at radius 3 is 2.47 bits per heavy atom. The Hall–Kier alpha value is -0.960. The van der Waals surface area contributed by atoms with Crippen LogP contribution in [0.4, 0.5) is 0 Å². The minimum absolute atomic E-state index is 0.0947. The average molecular weight is 224 g/mol. The van der Waals surface area contributed by atoms with Crippen LogP contribution in [-0.4, -0.2) is 12.0 Å². The lowest BCUT2D eigenvalue weighted by Crippen LogP contribution is -2.09. The molecule has 0 aromatic heterocycles. The van der Waals surface area contributed by atoms with Gasteiger partial charge in [-0.15, -0.1) is 0 Å². The molecule has 0 saturated carbocycles. The number of benzene rings is 1. The van der Waals surface area contributed by atoms with Crippen molar-refractivity contribution in [3.05, 3.63) is 29.8 Å². The van der Waals surface area contributed by atoms with E-state index in [1.165, 1.54) is 12.0 Å². The molecule has 0 aliphatic carbocycles. The molecule has 1 rings (SSSR count). The van der Waals surface area contributed by atoms with E-state index in [-0.39, 0.29) is 11.7 Å². The van der Waals surface area contributed by atoms with Crippen molar-refractivity contribution in [1.82, 2.24) is 0 Å². The number of ketones is 1. The van der Waals surface area contributed by atoms with E-state index in [0.717, 1.165) is 17.7 Å². The molecule has 15 heavy (non-hydrogen) atoms. The van der Waals surface area contributed by atoms with Crippen LogP contribution in [0.25, 0.3) is 0 Å². The SMILES string of the molecule is CCC(C)C(=O)c1ccc(OSC)cc1.